The lowest BCUT2D eigenvalue weighted by atomic mass is 10.0. The Labute approximate surface area is 88.5 Å². The van der Waals surface area contributed by atoms with E-state index < -0.39 is 29.3 Å². The van der Waals surface area contributed by atoms with Gasteiger partial charge in [0.25, 0.3) is 5.92 Å². The maximum Gasteiger partial charge on any atom is 0.416 e. The predicted molar refractivity (Wildman–Crippen MR) is 47.0 cm³/mol. The fourth-order valence-corrected chi connectivity index (χ4v) is 1.14. The van der Waals surface area contributed by atoms with Crippen LogP contribution in [0.2, 0.25) is 0 Å². The number of hydrogen-bond acceptors (Lipinski definition) is 1. The van der Waals surface area contributed by atoms with Gasteiger partial charge in [-0.3, -0.25) is 0 Å². The number of aliphatic hydroxyl groups excluding tert-OH is 1. The second kappa shape index (κ2) is 4.01. The highest BCUT2D eigenvalue weighted by Crippen LogP contribution is 2.36. The Balaban J connectivity index is 3.18. The molecule has 0 radical (unpaired) electrons. The third-order valence-electron chi connectivity index (χ3n) is 2.10. The molecule has 1 atom stereocenters. The number of rotatable bonds is 2. The number of aliphatic hydroxyl groups is 1. The minimum atomic E-state index is -4.68. The SMILES string of the molecule is CC(O)C(F)(F)c1cccc(C(F)(F)F)c1. The van der Waals surface area contributed by atoms with Gasteiger partial charge in [-0.05, 0) is 19.1 Å². The summed E-state index contributed by atoms with van der Waals surface area (Å²) in [6, 6.07) is 2.77. The molecule has 0 aliphatic carbocycles. The standard InChI is InChI=1S/C10H9F5O/c1-6(16)9(11,12)7-3-2-4-8(5-7)10(13,14)15/h2-6,16H,1H3. The van der Waals surface area contributed by atoms with Crippen LogP contribution in [0.15, 0.2) is 24.3 Å². The minimum absolute atomic E-state index is 0.340. The number of hydrogen-bond donors (Lipinski definition) is 1. The van der Waals surface area contributed by atoms with Gasteiger partial charge in [-0.1, -0.05) is 12.1 Å². The Morgan fingerprint density at radius 3 is 2.00 bits per heavy atom. The molecule has 0 saturated heterocycles. The molecule has 1 unspecified atom stereocenters. The first-order valence-corrected chi connectivity index (χ1v) is 4.39. The molecule has 1 nitrogen and oxygen atoms in total. The van der Waals surface area contributed by atoms with E-state index in [4.69, 9.17) is 5.11 Å². The molecule has 0 spiro atoms. The van der Waals surface area contributed by atoms with Gasteiger partial charge in [0.05, 0.1) is 5.56 Å². The van der Waals surface area contributed by atoms with E-state index in [-0.39, 0.29) is 0 Å². The molecular weight excluding hydrogens is 231 g/mol. The fraction of sp³-hybridized carbons (Fsp3) is 0.400. The van der Waals surface area contributed by atoms with Crippen LogP contribution >= 0.6 is 0 Å². The third-order valence-corrected chi connectivity index (χ3v) is 2.10. The molecule has 1 N–H and O–H groups in total. The monoisotopic (exact) mass is 240 g/mol. The zero-order valence-electron chi connectivity index (χ0n) is 8.22. The molecule has 0 aliphatic heterocycles. The Morgan fingerprint density at radius 2 is 1.56 bits per heavy atom. The summed E-state index contributed by atoms with van der Waals surface area (Å²) in [5.41, 5.74) is -2.01. The molecule has 16 heavy (non-hydrogen) atoms. The Kier molecular flexibility index (Phi) is 3.23. The van der Waals surface area contributed by atoms with Crippen LogP contribution in [-0.4, -0.2) is 11.2 Å². The normalized spacial score (nSPS) is 14.9. The highest BCUT2D eigenvalue weighted by molar-refractivity contribution is 5.29. The fourth-order valence-electron chi connectivity index (χ4n) is 1.14. The number of halogens is 5. The molecule has 1 aromatic carbocycles. The second-order valence-corrected chi connectivity index (χ2v) is 3.38. The summed E-state index contributed by atoms with van der Waals surface area (Å²) < 4.78 is 63.2. The number of alkyl halides is 5. The Bertz CT molecular complexity index is 370. The minimum Gasteiger partial charge on any atom is -0.387 e. The van der Waals surface area contributed by atoms with Crippen molar-refractivity contribution in [1.82, 2.24) is 0 Å². The zero-order valence-corrected chi connectivity index (χ0v) is 8.22. The quantitative estimate of drug-likeness (QED) is 0.787. The third kappa shape index (κ3) is 2.49. The van der Waals surface area contributed by atoms with E-state index in [9.17, 15) is 22.0 Å². The van der Waals surface area contributed by atoms with Crippen molar-refractivity contribution in [3.05, 3.63) is 35.4 Å². The van der Waals surface area contributed by atoms with Crippen molar-refractivity contribution in [2.75, 3.05) is 0 Å². The van der Waals surface area contributed by atoms with E-state index in [0.29, 0.717) is 12.1 Å². The van der Waals surface area contributed by atoms with Crippen LogP contribution in [0, 0.1) is 0 Å². The van der Waals surface area contributed by atoms with Crippen LogP contribution in [0.25, 0.3) is 0 Å². The predicted octanol–water partition coefficient (Wildman–Crippen LogP) is 3.18. The van der Waals surface area contributed by atoms with Crippen molar-refractivity contribution in [3.63, 3.8) is 0 Å². The molecule has 1 rings (SSSR count). The first kappa shape index (κ1) is 12.9. The maximum atomic E-state index is 13.2. The molecule has 6 heteroatoms. The van der Waals surface area contributed by atoms with Gasteiger partial charge in [-0.25, -0.2) is 0 Å². The smallest absolute Gasteiger partial charge is 0.387 e. The van der Waals surface area contributed by atoms with E-state index in [1.54, 1.807) is 0 Å². The molecule has 0 saturated carbocycles. The van der Waals surface area contributed by atoms with E-state index in [0.717, 1.165) is 19.1 Å². The van der Waals surface area contributed by atoms with Crippen LogP contribution in [0.4, 0.5) is 22.0 Å². The maximum absolute atomic E-state index is 13.2. The summed E-state index contributed by atoms with van der Waals surface area (Å²) in [4.78, 5) is 0. The van der Waals surface area contributed by atoms with Gasteiger partial charge in [0.2, 0.25) is 0 Å². The van der Waals surface area contributed by atoms with Gasteiger partial charge in [0.15, 0.2) is 0 Å². The van der Waals surface area contributed by atoms with Gasteiger partial charge >= 0.3 is 6.18 Å². The summed E-state index contributed by atoms with van der Waals surface area (Å²) >= 11 is 0. The zero-order chi connectivity index (χ0) is 12.6. The lowest BCUT2D eigenvalue weighted by Crippen LogP contribution is -2.28. The van der Waals surface area contributed by atoms with Crippen molar-refractivity contribution in [2.24, 2.45) is 0 Å². The van der Waals surface area contributed by atoms with Crippen molar-refractivity contribution in [2.45, 2.75) is 25.1 Å². The topological polar surface area (TPSA) is 20.2 Å². The van der Waals surface area contributed by atoms with Gasteiger partial charge in [-0.15, -0.1) is 0 Å². The van der Waals surface area contributed by atoms with Crippen molar-refractivity contribution < 1.29 is 27.1 Å². The van der Waals surface area contributed by atoms with E-state index in [1.807, 2.05) is 0 Å². The number of benzene rings is 1. The lowest BCUT2D eigenvalue weighted by molar-refractivity contribution is -0.138. The van der Waals surface area contributed by atoms with E-state index >= 15 is 0 Å². The molecule has 0 aromatic heterocycles. The molecule has 0 fully saturated rings. The highest BCUT2D eigenvalue weighted by Gasteiger charge is 2.39. The first-order valence-electron chi connectivity index (χ1n) is 4.39. The second-order valence-electron chi connectivity index (χ2n) is 3.38. The highest BCUT2D eigenvalue weighted by atomic mass is 19.4. The summed E-state index contributed by atoms with van der Waals surface area (Å²) in [5, 5.41) is 8.80. The molecule has 0 amide bonds. The lowest BCUT2D eigenvalue weighted by Gasteiger charge is -2.20. The van der Waals surface area contributed by atoms with Crippen LogP contribution < -0.4 is 0 Å². The van der Waals surface area contributed by atoms with E-state index in [1.165, 1.54) is 0 Å². The average molecular weight is 240 g/mol. The van der Waals surface area contributed by atoms with Crippen LogP contribution in [-0.2, 0) is 12.1 Å². The molecule has 0 bridgehead atoms. The van der Waals surface area contributed by atoms with Crippen molar-refractivity contribution >= 4 is 0 Å². The first-order chi connectivity index (χ1) is 7.15. The average Bonchev–Trinajstić information content (AvgIpc) is 2.16. The Morgan fingerprint density at radius 1 is 1.06 bits per heavy atom. The van der Waals surface area contributed by atoms with Gasteiger partial charge in [-0.2, -0.15) is 22.0 Å². The summed E-state index contributed by atoms with van der Waals surface area (Å²) in [7, 11) is 0. The summed E-state index contributed by atoms with van der Waals surface area (Å²) in [6.07, 6.45) is -6.72. The molecule has 1 aromatic rings. The molecule has 0 heterocycles. The molecular formula is C10H9F5O. The van der Waals surface area contributed by atoms with Gasteiger partial charge in [0, 0.05) is 5.56 Å². The van der Waals surface area contributed by atoms with Gasteiger partial charge in [0.1, 0.15) is 6.10 Å². The van der Waals surface area contributed by atoms with Crippen LogP contribution in [0.5, 0.6) is 0 Å². The molecule has 0 aliphatic rings. The molecule has 90 valence electrons. The van der Waals surface area contributed by atoms with E-state index in [2.05, 4.69) is 0 Å². The van der Waals surface area contributed by atoms with Crippen molar-refractivity contribution in [1.29, 1.82) is 0 Å². The van der Waals surface area contributed by atoms with Gasteiger partial charge < -0.3 is 5.11 Å². The van der Waals surface area contributed by atoms with Crippen LogP contribution in [0.3, 0.4) is 0 Å². The van der Waals surface area contributed by atoms with Crippen LogP contribution in [0.1, 0.15) is 18.1 Å². The Hall–Kier alpha value is -1.17. The van der Waals surface area contributed by atoms with Crippen molar-refractivity contribution in [3.8, 4) is 0 Å². The summed E-state index contributed by atoms with van der Waals surface area (Å²) in [5.74, 6) is -3.69. The largest absolute Gasteiger partial charge is 0.416 e. The summed E-state index contributed by atoms with van der Waals surface area (Å²) in [6.45, 7) is 0.820.